The van der Waals surface area contributed by atoms with Crippen LogP contribution in [0.1, 0.15) is 59.7 Å². The van der Waals surface area contributed by atoms with Crippen molar-refractivity contribution < 1.29 is 14.3 Å². The van der Waals surface area contributed by atoms with Crippen molar-refractivity contribution in [1.82, 2.24) is 10.6 Å². The summed E-state index contributed by atoms with van der Waals surface area (Å²) in [5.41, 5.74) is 1.68. The minimum atomic E-state index is -0.318. The zero-order chi connectivity index (χ0) is 21.3. The number of ether oxygens (including phenoxy) is 1. The molecule has 30 heavy (non-hydrogen) atoms. The molecule has 2 amide bonds. The van der Waals surface area contributed by atoms with Crippen LogP contribution in [-0.2, 0) is 0 Å². The van der Waals surface area contributed by atoms with Crippen LogP contribution in [0, 0.1) is 0 Å². The highest BCUT2D eigenvalue weighted by Gasteiger charge is 2.17. The molecule has 1 saturated carbocycles. The molecule has 0 heterocycles. The molecule has 0 aliphatic heterocycles. The van der Waals surface area contributed by atoms with E-state index in [1.807, 2.05) is 6.92 Å². The van der Waals surface area contributed by atoms with E-state index in [0.717, 1.165) is 25.7 Å². The average Bonchev–Trinajstić information content (AvgIpc) is 2.75. The highest BCUT2D eigenvalue weighted by atomic mass is 32.1. The van der Waals surface area contributed by atoms with E-state index in [-0.39, 0.29) is 23.0 Å². The van der Waals surface area contributed by atoms with E-state index in [9.17, 15) is 9.59 Å². The Kier molecular flexibility index (Phi) is 7.79. The van der Waals surface area contributed by atoms with Crippen molar-refractivity contribution in [3.05, 3.63) is 59.7 Å². The van der Waals surface area contributed by atoms with Gasteiger partial charge in [-0.3, -0.25) is 14.9 Å². The Morgan fingerprint density at radius 2 is 1.73 bits per heavy atom. The Hall–Kier alpha value is -2.93. The van der Waals surface area contributed by atoms with Gasteiger partial charge in [-0.15, -0.1) is 0 Å². The summed E-state index contributed by atoms with van der Waals surface area (Å²) in [7, 11) is 0. The normalized spacial score (nSPS) is 13.9. The van der Waals surface area contributed by atoms with Gasteiger partial charge in [0.2, 0.25) is 0 Å². The Bertz CT molecular complexity index is 893. The number of carbonyl (C=O) groups excluding carboxylic acids is 2. The maximum absolute atomic E-state index is 12.5. The molecule has 3 N–H and O–H groups in total. The summed E-state index contributed by atoms with van der Waals surface area (Å²) in [5.74, 6) is 0.301. The summed E-state index contributed by atoms with van der Waals surface area (Å²) in [6.45, 7) is 2.47. The highest BCUT2D eigenvalue weighted by Crippen LogP contribution is 2.18. The van der Waals surface area contributed by atoms with Crippen LogP contribution < -0.4 is 20.7 Å². The van der Waals surface area contributed by atoms with Crippen LogP contribution in [0.2, 0.25) is 0 Å². The third-order valence-electron chi connectivity index (χ3n) is 4.98. The Labute approximate surface area is 182 Å². The molecule has 1 aliphatic rings. The molecular formula is C23H27N3O3S. The molecule has 0 atom stereocenters. The van der Waals surface area contributed by atoms with E-state index in [4.69, 9.17) is 17.0 Å². The van der Waals surface area contributed by atoms with Crippen LogP contribution in [0.25, 0.3) is 0 Å². The Balaban J connectivity index is 1.55. The molecule has 158 valence electrons. The van der Waals surface area contributed by atoms with Crippen molar-refractivity contribution in [2.75, 3.05) is 11.9 Å². The first-order valence-electron chi connectivity index (χ1n) is 10.3. The number of hydrogen-bond donors (Lipinski definition) is 3. The Morgan fingerprint density at radius 3 is 2.43 bits per heavy atom. The highest BCUT2D eigenvalue weighted by molar-refractivity contribution is 7.80. The lowest BCUT2D eigenvalue weighted by atomic mass is 9.95. The summed E-state index contributed by atoms with van der Waals surface area (Å²) in [6.07, 6.45) is 5.63. The van der Waals surface area contributed by atoms with Crippen LogP contribution in [0.4, 0.5) is 5.69 Å². The second-order valence-corrected chi connectivity index (χ2v) is 7.66. The van der Waals surface area contributed by atoms with Gasteiger partial charge in [0.1, 0.15) is 5.75 Å². The largest absolute Gasteiger partial charge is 0.494 e. The van der Waals surface area contributed by atoms with E-state index in [1.165, 1.54) is 6.42 Å². The van der Waals surface area contributed by atoms with Crippen molar-refractivity contribution >= 4 is 34.8 Å². The van der Waals surface area contributed by atoms with E-state index in [2.05, 4.69) is 16.0 Å². The number of carbonyl (C=O) groups is 2. The number of nitrogens with one attached hydrogen (secondary N) is 3. The van der Waals surface area contributed by atoms with Crippen molar-refractivity contribution in [3.63, 3.8) is 0 Å². The number of amides is 2. The third kappa shape index (κ3) is 6.29. The monoisotopic (exact) mass is 425 g/mol. The van der Waals surface area contributed by atoms with Crippen molar-refractivity contribution in [2.24, 2.45) is 0 Å². The molecular weight excluding hydrogens is 398 g/mol. The van der Waals surface area contributed by atoms with Crippen LogP contribution >= 0.6 is 12.2 Å². The topological polar surface area (TPSA) is 79.5 Å². The lowest BCUT2D eigenvalue weighted by molar-refractivity contribution is 0.0926. The zero-order valence-corrected chi connectivity index (χ0v) is 17.9. The van der Waals surface area contributed by atoms with Crippen LogP contribution in [0.5, 0.6) is 5.75 Å². The fraction of sp³-hybridized carbons (Fsp3) is 0.348. The second-order valence-electron chi connectivity index (χ2n) is 7.25. The van der Waals surface area contributed by atoms with Gasteiger partial charge in [0.25, 0.3) is 11.8 Å². The summed E-state index contributed by atoms with van der Waals surface area (Å²) >= 11 is 5.25. The second kappa shape index (κ2) is 10.7. The van der Waals surface area contributed by atoms with Crippen LogP contribution in [-0.4, -0.2) is 29.6 Å². The fourth-order valence-corrected chi connectivity index (χ4v) is 3.67. The number of anilines is 1. The molecule has 2 aromatic carbocycles. The number of hydrogen-bond acceptors (Lipinski definition) is 4. The SMILES string of the molecule is CCOc1ccc(C(=O)NC(=S)Nc2cccc(C(=O)NC3CCCCC3)c2)cc1. The molecule has 0 radical (unpaired) electrons. The molecule has 3 rings (SSSR count). The predicted octanol–water partition coefficient (Wildman–Crippen LogP) is 4.27. The lowest BCUT2D eigenvalue weighted by Crippen LogP contribution is -2.36. The quantitative estimate of drug-likeness (QED) is 0.602. The van der Waals surface area contributed by atoms with Gasteiger partial charge < -0.3 is 15.4 Å². The van der Waals surface area contributed by atoms with Gasteiger partial charge in [-0.05, 0) is 74.4 Å². The van der Waals surface area contributed by atoms with Gasteiger partial charge in [0.15, 0.2) is 5.11 Å². The summed E-state index contributed by atoms with van der Waals surface area (Å²) < 4.78 is 5.38. The van der Waals surface area contributed by atoms with Gasteiger partial charge in [-0.1, -0.05) is 25.3 Å². The first kappa shape index (κ1) is 21.8. The van der Waals surface area contributed by atoms with E-state index < -0.39 is 0 Å². The maximum Gasteiger partial charge on any atom is 0.257 e. The minimum Gasteiger partial charge on any atom is -0.494 e. The molecule has 0 saturated heterocycles. The number of thiocarbonyl (C=S) groups is 1. The standard InChI is InChI=1S/C23H27N3O3S/c1-2-29-20-13-11-16(12-14-20)21(27)26-23(30)25-19-10-6-7-17(15-19)22(28)24-18-8-4-3-5-9-18/h6-7,10-15,18H,2-5,8-9H2,1H3,(H,24,28)(H2,25,26,27,30). The predicted molar refractivity (Wildman–Crippen MR) is 122 cm³/mol. The van der Waals surface area contributed by atoms with E-state index >= 15 is 0 Å². The lowest BCUT2D eigenvalue weighted by Gasteiger charge is -2.22. The fourth-order valence-electron chi connectivity index (χ4n) is 3.46. The first-order chi connectivity index (χ1) is 14.5. The molecule has 0 aromatic heterocycles. The molecule has 1 aliphatic carbocycles. The average molecular weight is 426 g/mol. The molecule has 6 nitrogen and oxygen atoms in total. The minimum absolute atomic E-state index is 0.0881. The van der Waals surface area contributed by atoms with Gasteiger partial charge in [-0.25, -0.2) is 0 Å². The smallest absolute Gasteiger partial charge is 0.257 e. The molecule has 0 bridgehead atoms. The maximum atomic E-state index is 12.5. The summed E-state index contributed by atoms with van der Waals surface area (Å²) in [6, 6.07) is 14.2. The molecule has 1 fully saturated rings. The van der Waals surface area contributed by atoms with E-state index in [1.54, 1.807) is 48.5 Å². The molecule has 2 aromatic rings. The summed E-state index contributed by atoms with van der Waals surface area (Å²) in [4.78, 5) is 24.9. The zero-order valence-electron chi connectivity index (χ0n) is 17.1. The van der Waals surface area contributed by atoms with Gasteiger partial charge in [-0.2, -0.15) is 0 Å². The third-order valence-corrected chi connectivity index (χ3v) is 5.18. The molecule has 7 heteroatoms. The Morgan fingerprint density at radius 1 is 1.00 bits per heavy atom. The summed E-state index contributed by atoms with van der Waals surface area (Å²) in [5, 5.41) is 8.89. The van der Waals surface area contributed by atoms with Gasteiger partial charge >= 0.3 is 0 Å². The molecule has 0 spiro atoms. The van der Waals surface area contributed by atoms with E-state index in [0.29, 0.717) is 29.2 Å². The van der Waals surface area contributed by atoms with Crippen molar-refractivity contribution in [2.45, 2.75) is 45.1 Å². The number of benzene rings is 2. The van der Waals surface area contributed by atoms with Crippen LogP contribution in [0.3, 0.4) is 0 Å². The van der Waals surface area contributed by atoms with Gasteiger partial charge in [0, 0.05) is 22.9 Å². The molecule has 0 unspecified atom stereocenters. The van der Waals surface area contributed by atoms with Crippen LogP contribution in [0.15, 0.2) is 48.5 Å². The number of rotatable bonds is 6. The van der Waals surface area contributed by atoms with Gasteiger partial charge in [0.05, 0.1) is 6.61 Å². The van der Waals surface area contributed by atoms with Crippen molar-refractivity contribution in [1.29, 1.82) is 0 Å². The van der Waals surface area contributed by atoms with Crippen molar-refractivity contribution in [3.8, 4) is 5.75 Å². The first-order valence-corrected chi connectivity index (χ1v) is 10.7.